The number of aromatic nitrogens is 5. The molecule has 0 radical (unpaired) electrons. The standard InChI is InChI=1S/C19H21N9O/c20-5-9-22-18(29)14-4-10-27(12-14)17-3-8-23-19(26-17)25-15-11-24-28(13-15)16-1-6-21-7-2-16/h3-4,8,10-13,16,21H,1-2,6-7,9H2,(H,22,29)(H,23,25,26). The molecule has 1 fully saturated rings. The van der Waals surface area contributed by atoms with Crippen LogP contribution < -0.4 is 16.0 Å². The Kier molecular flexibility index (Phi) is 5.49. The van der Waals surface area contributed by atoms with Crippen LogP contribution in [0.25, 0.3) is 5.82 Å². The van der Waals surface area contributed by atoms with Gasteiger partial charge in [0.25, 0.3) is 5.91 Å². The Morgan fingerprint density at radius 1 is 1.31 bits per heavy atom. The van der Waals surface area contributed by atoms with Gasteiger partial charge >= 0.3 is 0 Å². The van der Waals surface area contributed by atoms with E-state index in [1.807, 2.05) is 16.9 Å². The summed E-state index contributed by atoms with van der Waals surface area (Å²) in [5, 5.41) is 22.1. The highest BCUT2D eigenvalue weighted by Crippen LogP contribution is 2.21. The molecule has 1 amide bonds. The van der Waals surface area contributed by atoms with Gasteiger partial charge in [-0.2, -0.15) is 15.3 Å². The number of nitriles is 1. The van der Waals surface area contributed by atoms with Crippen LogP contribution in [0.2, 0.25) is 0 Å². The number of hydrogen-bond acceptors (Lipinski definition) is 7. The van der Waals surface area contributed by atoms with Crippen LogP contribution in [0.4, 0.5) is 11.6 Å². The van der Waals surface area contributed by atoms with Crippen molar-refractivity contribution in [1.82, 2.24) is 34.9 Å². The van der Waals surface area contributed by atoms with Crippen LogP contribution in [0.3, 0.4) is 0 Å². The van der Waals surface area contributed by atoms with Crippen molar-refractivity contribution >= 4 is 17.5 Å². The van der Waals surface area contributed by atoms with Gasteiger partial charge in [0.1, 0.15) is 12.4 Å². The molecule has 1 saturated heterocycles. The van der Waals surface area contributed by atoms with Crippen LogP contribution in [-0.4, -0.2) is 49.9 Å². The molecule has 0 saturated carbocycles. The number of amides is 1. The van der Waals surface area contributed by atoms with Gasteiger partial charge in [0, 0.05) is 24.8 Å². The average Bonchev–Trinajstić information content (AvgIpc) is 3.43. The molecule has 3 aromatic rings. The van der Waals surface area contributed by atoms with Gasteiger partial charge in [0.05, 0.1) is 29.6 Å². The number of carbonyl (C=O) groups excluding carboxylic acids is 1. The fourth-order valence-corrected chi connectivity index (χ4v) is 3.25. The molecule has 0 bridgehead atoms. The summed E-state index contributed by atoms with van der Waals surface area (Å²) >= 11 is 0. The zero-order chi connectivity index (χ0) is 20.1. The number of nitrogens with zero attached hydrogens (tertiary/aromatic N) is 6. The van der Waals surface area contributed by atoms with E-state index in [9.17, 15) is 4.79 Å². The second-order valence-corrected chi connectivity index (χ2v) is 6.70. The summed E-state index contributed by atoms with van der Waals surface area (Å²) in [6.45, 7) is 1.98. The molecule has 10 heteroatoms. The highest BCUT2D eigenvalue weighted by Gasteiger charge is 2.16. The summed E-state index contributed by atoms with van der Waals surface area (Å²) in [7, 11) is 0. The van der Waals surface area contributed by atoms with Crippen LogP contribution in [0.5, 0.6) is 0 Å². The van der Waals surface area contributed by atoms with Gasteiger partial charge in [-0.25, -0.2) is 4.98 Å². The molecule has 10 nitrogen and oxygen atoms in total. The second-order valence-electron chi connectivity index (χ2n) is 6.70. The first-order valence-electron chi connectivity index (χ1n) is 9.41. The fourth-order valence-electron chi connectivity index (χ4n) is 3.25. The van der Waals surface area contributed by atoms with Crippen LogP contribution in [0, 0.1) is 11.3 Å². The van der Waals surface area contributed by atoms with Gasteiger partial charge in [-0.05, 0) is 38.1 Å². The Morgan fingerprint density at radius 2 is 2.17 bits per heavy atom. The fraction of sp³-hybridized carbons (Fsp3) is 0.316. The van der Waals surface area contributed by atoms with Gasteiger partial charge in [-0.15, -0.1) is 0 Å². The molecule has 148 valence electrons. The Morgan fingerprint density at radius 3 is 3.00 bits per heavy atom. The molecule has 4 heterocycles. The molecule has 0 aliphatic carbocycles. The summed E-state index contributed by atoms with van der Waals surface area (Å²) in [5.74, 6) is 0.757. The monoisotopic (exact) mass is 391 g/mol. The maximum atomic E-state index is 12.0. The smallest absolute Gasteiger partial charge is 0.253 e. The van der Waals surface area contributed by atoms with E-state index in [-0.39, 0.29) is 12.5 Å². The van der Waals surface area contributed by atoms with Crippen molar-refractivity contribution in [3.05, 3.63) is 48.7 Å². The molecule has 29 heavy (non-hydrogen) atoms. The summed E-state index contributed by atoms with van der Waals surface area (Å²) < 4.78 is 3.72. The van der Waals surface area contributed by atoms with Crippen molar-refractivity contribution in [2.45, 2.75) is 18.9 Å². The predicted molar refractivity (Wildman–Crippen MR) is 106 cm³/mol. The lowest BCUT2D eigenvalue weighted by molar-refractivity contribution is 0.0958. The normalized spacial score (nSPS) is 14.3. The summed E-state index contributed by atoms with van der Waals surface area (Å²) in [5.41, 5.74) is 1.28. The molecule has 0 unspecified atom stereocenters. The lowest BCUT2D eigenvalue weighted by Gasteiger charge is -2.22. The first-order chi connectivity index (χ1) is 14.2. The van der Waals surface area contributed by atoms with Crippen molar-refractivity contribution in [3.63, 3.8) is 0 Å². The Bertz CT molecular complexity index is 1030. The average molecular weight is 391 g/mol. The lowest BCUT2D eigenvalue weighted by atomic mass is 10.1. The number of rotatable bonds is 6. The summed E-state index contributed by atoms with van der Waals surface area (Å²) in [4.78, 5) is 20.7. The van der Waals surface area contributed by atoms with Crippen LogP contribution in [0.1, 0.15) is 29.2 Å². The molecule has 3 N–H and O–H groups in total. The third-order valence-electron chi connectivity index (χ3n) is 4.73. The quantitative estimate of drug-likeness (QED) is 0.542. The number of anilines is 2. The maximum absolute atomic E-state index is 12.0. The van der Waals surface area contributed by atoms with E-state index in [1.54, 1.807) is 41.5 Å². The zero-order valence-corrected chi connectivity index (χ0v) is 15.7. The number of hydrogen-bond donors (Lipinski definition) is 3. The largest absolute Gasteiger partial charge is 0.339 e. The Balaban J connectivity index is 1.45. The van der Waals surface area contributed by atoms with Crippen LogP contribution >= 0.6 is 0 Å². The van der Waals surface area contributed by atoms with Crippen LogP contribution in [0.15, 0.2) is 43.1 Å². The van der Waals surface area contributed by atoms with Crippen molar-refractivity contribution in [2.24, 2.45) is 0 Å². The van der Waals surface area contributed by atoms with E-state index in [1.165, 1.54) is 0 Å². The lowest BCUT2D eigenvalue weighted by Crippen LogP contribution is -2.29. The molecular weight excluding hydrogens is 370 g/mol. The van der Waals surface area contributed by atoms with Crippen molar-refractivity contribution in [3.8, 4) is 11.9 Å². The van der Waals surface area contributed by atoms with Crippen molar-refractivity contribution in [2.75, 3.05) is 25.0 Å². The minimum absolute atomic E-state index is 0.0311. The Labute approximate surface area is 167 Å². The molecule has 0 spiro atoms. The number of nitrogens with one attached hydrogen (secondary N) is 3. The van der Waals surface area contributed by atoms with Gasteiger partial charge in [-0.3, -0.25) is 9.48 Å². The highest BCUT2D eigenvalue weighted by atomic mass is 16.1. The number of carbonyl (C=O) groups is 1. The van der Waals surface area contributed by atoms with Gasteiger partial charge < -0.3 is 20.5 Å². The summed E-state index contributed by atoms with van der Waals surface area (Å²) in [6, 6.07) is 5.71. The number of piperidine rings is 1. The molecule has 1 aliphatic rings. The topological polar surface area (TPSA) is 125 Å². The van der Waals surface area contributed by atoms with Gasteiger partial charge in [0.15, 0.2) is 0 Å². The molecule has 4 rings (SSSR count). The SMILES string of the molecule is N#CCNC(=O)c1ccn(-c2ccnc(Nc3cnn(C4CCNCC4)c3)n2)c1. The van der Waals surface area contributed by atoms with E-state index in [2.05, 4.69) is 31.0 Å². The predicted octanol–water partition coefficient (Wildman–Crippen LogP) is 1.39. The van der Waals surface area contributed by atoms with E-state index in [0.29, 0.717) is 23.4 Å². The first-order valence-corrected chi connectivity index (χ1v) is 9.41. The molecular formula is C19H21N9O. The maximum Gasteiger partial charge on any atom is 0.253 e. The second kappa shape index (κ2) is 8.53. The zero-order valence-electron chi connectivity index (χ0n) is 15.7. The third kappa shape index (κ3) is 4.41. The molecule has 3 aromatic heterocycles. The van der Waals surface area contributed by atoms with Crippen molar-refractivity contribution < 1.29 is 4.79 Å². The van der Waals surface area contributed by atoms with E-state index in [4.69, 9.17) is 5.26 Å². The minimum atomic E-state index is -0.303. The van der Waals surface area contributed by atoms with E-state index in [0.717, 1.165) is 31.6 Å². The van der Waals surface area contributed by atoms with Gasteiger partial charge in [-0.1, -0.05) is 0 Å². The molecule has 0 atom stereocenters. The first kappa shape index (κ1) is 18.6. The van der Waals surface area contributed by atoms with Gasteiger partial charge in [0.2, 0.25) is 5.95 Å². The van der Waals surface area contributed by atoms with E-state index < -0.39 is 0 Å². The summed E-state index contributed by atoms with van der Waals surface area (Å²) in [6.07, 6.45) is 10.9. The highest BCUT2D eigenvalue weighted by molar-refractivity contribution is 5.94. The third-order valence-corrected chi connectivity index (χ3v) is 4.73. The van der Waals surface area contributed by atoms with Crippen LogP contribution in [-0.2, 0) is 0 Å². The molecule has 1 aliphatic heterocycles. The Hall–Kier alpha value is -3.71. The van der Waals surface area contributed by atoms with E-state index >= 15 is 0 Å². The minimum Gasteiger partial charge on any atom is -0.339 e. The van der Waals surface area contributed by atoms with Crippen molar-refractivity contribution in [1.29, 1.82) is 5.26 Å². The molecule has 0 aromatic carbocycles.